The van der Waals surface area contributed by atoms with E-state index in [0.29, 0.717) is 18.3 Å². The van der Waals surface area contributed by atoms with Gasteiger partial charge in [-0.25, -0.2) is 4.99 Å². The highest BCUT2D eigenvalue weighted by molar-refractivity contribution is 5.79. The zero-order chi connectivity index (χ0) is 14.9. The van der Waals surface area contributed by atoms with Gasteiger partial charge in [-0.05, 0) is 19.1 Å². The van der Waals surface area contributed by atoms with Crippen LogP contribution in [0.1, 0.15) is 24.3 Å². The van der Waals surface area contributed by atoms with E-state index in [1.54, 1.807) is 13.1 Å². The summed E-state index contributed by atoms with van der Waals surface area (Å²) in [4.78, 5) is 12.8. The predicted octanol–water partition coefficient (Wildman–Crippen LogP) is 1.07. The highest BCUT2D eigenvalue weighted by atomic mass is 16.5. The summed E-state index contributed by atoms with van der Waals surface area (Å²) in [6.07, 6.45) is 2.64. The lowest BCUT2D eigenvalue weighted by atomic mass is 10.3. The SMILES string of the molecule is CCNC(=NCc1noc(C)n1)NCCc1ccccn1. The van der Waals surface area contributed by atoms with Gasteiger partial charge < -0.3 is 15.2 Å². The standard InChI is InChI=1S/C14H20N6O/c1-3-15-14(18-10-13-19-11(2)21-20-13)17-9-7-12-6-4-5-8-16-12/h4-6,8H,3,7,9-10H2,1-2H3,(H2,15,17,18). The molecule has 0 spiro atoms. The van der Waals surface area contributed by atoms with Gasteiger partial charge in [0.2, 0.25) is 5.89 Å². The minimum absolute atomic E-state index is 0.385. The number of hydrogen-bond donors (Lipinski definition) is 2. The van der Waals surface area contributed by atoms with Crippen molar-refractivity contribution in [1.29, 1.82) is 0 Å². The molecule has 2 rings (SSSR count). The molecule has 0 unspecified atom stereocenters. The highest BCUT2D eigenvalue weighted by Gasteiger charge is 2.02. The Morgan fingerprint density at radius 1 is 1.33 bits per heavy atom. The van der Waals surface area contributed by atoms with Crippen molar-refractivity contribution in [2.45, 2.75) is 26.8 Å². The number of aryl methyl sites for hydroxylation is 1. The van der Waals surface area contributed by atoms with E-state index in [9.17, 15) is 0 Å². The summed E-state index contributed by atoms with van der Waals surface area (Å²) >= 11 is 0. The Hall–Kier alpha value is -2.44. The van der Waals surface area contributed by atoms with Crippen molar-refractivity contribution in [3.05, 3.63) is 41.8 Å². The van der Waals surface area contributed by atoms with E-state index in [2.05, 4.69) is 30.8 Å². The summed E-state index contributed by atoms with van der Waals surface area (Å²) in [5.74, 6) is 1.86. The molecule has 0 saturated carbocycles. The number of rotatable bonds is 6. The minimum Gasteiger partial charge on any atom is -0.357 e. The number of aromatic nitrogens is 3. The summed E-state index contributed by atoms with van der Waals surface area (Å²) in [5, 5.41) is 10.3. The molecule has 0 aliphatic rings. The van der Waals surface area contributed by atoms with Crippen molar-refractivity contribution in [2.24, 2.45) is 4.99 Å². The molecule has 0 fully saturated rings. The molecule has 7 nitrogen and oxygen atoms in total. The van der Waals surface area contributed by atoms with Crippen LogP contribution in [0.25, 0.3) is 0 Å². The van der Waals surface area contributed by atoms with Crippen LogP contribution in [0, 0.1) is 6.92 Å². The van der Waals surface area contributed by atoms with Crippen LogP contribution < -0.4 is 10.6 Å². The summed E-state index contributed by atoms with van der Waals surface area (Å²) in [5.41, 5.74) is 1.05. The van der Waals surface area contributed by atoms with Crippen molar-refractivity contribution in [2.75, 3.05) is 13.1 Å². The van der Waals surface area contributed by atoms with Gasteiger partial charge in [-0.15, -0.1) is 0 Å². The summed E-state index contributed by atoms with van der Waals surface area (Å²) in [6.45, 7) is 5.72. The van der Waals surface area contributed by atoms with Crippen molar-refractivity contribution < 1.29 is 4.52 Å². The second-order valence-corrected chi connectivity index (χ2v) is 4.42. The second-order valence-electron chi connectivity index (χ2n) is 4.42. The number of hydrogen-bond acceptors (Lipinski definition) is 5. The first-order valence-electron chi connectivity index (χ1n) is 6.99. The Morgan fingerprint density at radius 3 is 2.90 bits per heavy atom. The lowest BCUT2D eigenvalue weighted by Crippen LogP contribution is -2.38. The molecule has 2 aromatic heterocycles. The van der Waals surface area contributed by atoms with E-state index in [0.717, 1.165) is 31.2 Å². The van der Waals surface area contributed by atoms with Crippen molar-refractivity contribution in [3.8, 4) is 0 Å². The first kappa shape index (κ1) is 15.0. The molecular weight excluding hydrogens is 268 g/mol. The Bertz CT molecular complexity index is 566. The normalized spacial score (nSPS) is 11.4. The maximum Gasteiger partial charge on any atom is 0.223 e. The monoisotopic (exact) mass is 288 g/mol. The zero-order valence-corrected chi connectivity index (χ0v) is 12.3. The third kappa shape index (κ3) is 5.21. The second kappa shape index (κ2) is 7.98. The average molecular weight is 288 g/mol. The summed E-state index contributed by atoms with van der Waals surface area (Å²) in [7, 11) is 0. The highest BCUT2D eigenvalue weighted by Crippen LogP contribution is 1.97. The van der Waals surface area contributed by atoms with Crippen LogP contribution in [0.2, 0.25) is 0 Å². The lowest BCUT2D eigenvalue weighted by Gasteiger charge is -2.10. The van der Waals surface area contributed by atoms with Gasteiger partial charge in [-0.1, -0.05) is 11.2 Å². The molecule has 0 aromatic carbocycles. The molecule has 0 aliphatic heterocycles. The Morgan fingerprint density at radius 2 is 2.24 bits per heavy atom. The van der Waals surface area contributed by atoms with Crippen LogP contribution in [0.4, 0.5) is 0 Å². The van der Waals surface area contributed by atoms with E-state index >= 15 is 0 Å². The molecule has 2 aromatic rings. The molecule has 7 heteroatoms. The van der Waals surface area contributed by atoms with Crippen LogP contribution >= 0.6 is 0 Å². The summed E-state index contributed by atoms with van der Waals surface area (Å²) in [6, 6.07) is 5.91. The summed E-state index contributed by atoms with van der Waals surface area (Å²) < 4.78 is 4.92. The third-order valence-corrected chi connectivity index (χ3v) is 2.69. The van der Waals surface area contributed by atoms with Gasteiger partial charge in [0.15, 0.2) is 11.8 Å². The van der Waals surface area contributed by atoms with Gasteiger partial charge >= 0.3 is 0 Å². The van der Waals surface area contributed by atoms with E-state index in [1.165, 1.54) is 0 Å². The van der Waals surface area contributed by atoms with Gasteiger partial charge in [-0.3, -0.25) is 4.98 Å². The van der Waals surface area contributed by atoms with Crippen LogP contribution in [0.15, 0.2) is 33.9 Å². The molecule has 0 atom stereocenters. The van der Waals surface area contributed by atoms with E-state index in [-0.39, 0.29) is 0 Å². The first-order valence-corrected chi connectivity index (χ1v) is 6.99. The van der Waals surface area contributed by atoms with Gasteiger partial charge in [-0.2, -0.15) is 4.98 Å². The third-order valence-electron chi connectivity index (χ3n) is 2.69. The Balaban J connectivity index is 1.83. The fraction of sp³-hybridized carbons (Fsp3) is 0.429. The number of nitrogens with zero attached hydrogens (tertiary/aromatic N) is 4. The van der Waals surface area contributed by atoms with E-state index < -0.39 is 0 Å². The van der Waals surface area contributed by atoms with E-state index in [1.807, 2.05) is 25.1 Å². The van der Waals surface area contributed by atoms with Crippen molar-refractivity contribution in [3.63, 3.8) is 0 Å². The maximum absolute atomic E-state index is 4.92. The minimum atomic E-state index is 0.385. The number of aliphatic imine (C=N–C) groups is 1. The molecule has 112 valence electrons. The van der Waals surface area contributed by atoms with Gasteiger partial charge in [0.1, 0.15) is 6.54 Å². The topological polar surface area (TPSA) is 88.2 Å². The average Bonchev–Trinajstić information content (AvgIpc) is 2.91. The van der Waals surface area contributed by atoms with E-state index in [4.69, 9.17) is 4.52 Å². The fourth-order valence-corrected chi connectivity index (χ4v) is 1.75. The molecule has 2 heterocycles. The van der Waals surface area contributed by atoms with Gasteiger partial charge in [0, 0.05) is 38.3 Å². The molecule has 0 saturated heterocycles. The fourth-order valence-electron chi connectivity index (χ4n) is 1.75. The Kier molecular flexibility index (Phi) is 5.69. The molecule has 2 N–H and O–H groups in total. The molecule has 0 aliphatic carbocycles. The zero-order valence-electron chi connectivity index (χ0n) is 12.3. The quantitative estimate of drug-likeness (QED) is 0.610. The van der Waals surface area contributed by atoms with Crippen LogP contribution in [-0.4, -0.2) is 34.2 Å². The maximum atomic E-state index is 4.92. The first-order chi connectivity index (χ1) is 10.3. The van der Waals surface area contributed by atoms with Crippen LogP contribution in [0.3, 0.4) is 0 Å². The molecule has 0 radical (unpaired) electrons. The number of nitrogens with one attached hydrogen (secondary N) is 2. The number of guanidine groups is 1. The smallest absolute Gasteiger partial charge is 0.223 e. The molecule has 21 heavy (non-hydrogen) atoms. The molecular formula is C14H20N6O. The van der Waals surface area contributed by atoms with Gasteiger partial charge in [0.05, 0.1) is 0 Å². The lowest BCUT2D eigenvalue weighted by molar-refractivity contribution is 0.387. The number of pyridine rings is 1. The van der Waals surface area contributed by atoms with Crippen LogP contribution in [0.5, 0.6) is 0 Å². The largest absolute Gasteiger partial charge is 0.357 e. The van der Waals surface area contributed by atoms with Crippen LogP contribution in [-0.2, 0) is 13.0 Å². The molecule has 0 amide bonds. The Labute approximate surface area is 123 Å². The van der Waals surface area contributed by atoms with Gasteiger partial charge in [0.25, 0.3) is 0 Å². The van der Waals surface area contributed by atoms with Crippen molar-refractivity contribution >= 4 is 5.96 Å². The predicted molar refractivity (Wildman–Crippen MR) is 79.8 cm³/mol. The molecule has 0 bridgehead atoms. The van der Waals surface area contributed by atoms with Crippen molar-refractivity contribution in [1.82, 2.24) is 25.8 Å².